The van der Waals surface area contributed by atoms with E-state index in [4.69, 9.17) is 25.3 Å². The summed E-state index contributed by atoms with van der Waals surface area (Å²) in [6.45, 7) is -0.629. The second kappa shape index (κ2) is 5.29. The maximum Gasteiger partial charge on any atom is 0.488 e. The fourth-order valence-electron chi connectivity index (χ4n) is 1.43. The average Bonchev–Trinajstić information content (AvgIpc) is 2.26. The number of hydrogen-bond donors (Lipinski definition) is 5. The summed E-state index contributed by atoms with van der Waals surface area (Å²) in [7, 11) is -2.01. The van der Waals surface area contributed by atoms with Gasteiger partial charge in [0, 0.05) is 0 Å². The van der Waals surface area contributed by atoms with Crippen LogP contribution in [0.2, 0.25) is 0 Å². The van der Waals surface area contributed by atoms with Crippen molar-refractivity contribution < 1.29 is 25.3 Å². The fraction of sp³-hybridized carbons (Fsp3) is 0.250. The summed E-state index contributed by atoms with van der Waals surface area (Å²) in [5.41, 5.74) is 1.34. The van der Waals surface area contributed by atoms with E-state index >= 15 is 0 Å². The van der Waals surface area contributed by atoms with Gasteiger partial charge in [-0.2, -0.15) is 0 Å². The molecule has 5 N–H and O–H groups in total. The van der Waals surface area contributed by atoms with Gasteiger partial charge in [0.25, 0.3) is 0 Å². The average molecular weight is 210 g/mol. The van der Waals surface area contributed by atoms with Crippen molar-refractivity contribution in [1.29, 1.82) is 0 Å². The van der Waals surface area contributed by atoms with E-state index in [1.807, 2.05) is 0 Å². The van der Waals surface area contributed by atoms with Crippen LogP contribution in [0, 0.1) is 0 Å². The number of aliphatic hydroxyl groups excluding tert-OH is 2. The minimum absolute atomic E-state index is 0.138. The molecule has 0 unspecified atom stereocenters. The SMILES string of the molecule is OBc1cc(B(O)O)c(CO)cc1CO. The van der Waals surface area contributed by atoms with Gasteiger partial charge >= 0.3 is 14.6 Å². The van der Waals surface area contributed by atoms with Crippen LogP contribution in [0.15, 0.2) is 12.1 Å². The van der Waals surface area contributed by atoms with Gasteiger partial charge in [-0.3, -0.25) is 0 Å². The van der Waals surface area contributed by atoms with Gasteiger partial charge in [-0.05, 0) is 22.1 Å². The predicted octanol–water partition coefficient (Wildman–Crippen LogP) is -3.68. The molecule has 0 radical (unpaired) electrons. The Morgan fingerprint density at radius 3 is 2.07 bits per heavy atom. The Labute approximate surface area is 88.0 Å². The minimum Gasteiger partial charge on any atom is -0.449 e. The molecule has 0 aliphatic heterocycles. The summed E-state index contributed by atoms with van der Waals surface area (Å²) in [5.74, 6) is 0. The highest BCUT2D eigenvalue weighted by Crippen LogP contribution is 2.02. The molecule has 80 valence electrons. The lowest BCUT2D eigenvalue weighted by Gasteiger charge is -2.12. The molecule has 0 saturated carbocycles. The summed E-state index contributed by atoms with van der Waals surface area (Å²) < 4.78 is 0. The quantitative estimate of drug-likeness (QED) is 0.329. The smallest absolute Gasteiger partial charge is 0.449 e. The maximum absolute atomic E-state index is 9.02. The van der Waals surface area contributed by atoms with Gasteiger partial charge in [-0.25, -0.2) is 0 Å². The Kier molecular flexibility index (Phi) is 4.31. The number of aliphatic hydroxyl groups is 2. The van der Waals surface area contributed by atoms with Gasteiger partial charge < -0.3 is 25.3 Å². The van der Waals surface area contributed by atoms with Crippen molar-refractivity contribution >= 4 is 25.5 Å². The summed E-state index contributed by atoms with van der Waals surface area (Å²) >= 11 is 0. The molecule has 15 heavy (non-hydrogen) atoms. The van der Waals surface area contributed by atoms with Crippen molar-refractivity contribution in [2.45, 2.75) is 13.2 Å². The molecule has 0 amide bonds. The molecule has 5 nitrogen and oxygen atoms in total. The second-order valence-corrected chi connectivity index (χ2v) is 3.17. The third-order valence-corrected chi connectivity index (χ3v) is 2.25. The lowest BCUT2D eigenvalue weighted by molar-refractivity contribution is 0.276. The maximum atomic E-state index is 9.02. The van der Waals surface area contributed by atoms with Crippen LogP contribution in [0.1, 0.15) is 11.1 Å². The van der Waals surface area contributed by atoms with E-state index in [1.165, 1.54) is 12.1 Å². The zero-order valence-corrected chi connectivity index (χ0v) is 8.09. The Hall–Kier alpha value is -0.850. The van der Waals surface area contributed by atoms with Crippen molar-refractivity contribution in [3.05, 3.63) is 23.3 Å². The first-order valence-corrected chi connectivity index (χ1v) is 4.47. The van der Waals surface area contributed by atoms with Gasteiger partial charge in [0.15, 0.2) is 0 Å². The molecule has 7 heteroatoms. The molecule has 0 aliphatic rings. The van der Waals surface area contributed by atoms with Gasteiger partial charge in [0.1, 0.15) is 0 Å². The van der Waals surface area contributed by atoms with Crippen LogP contribution < -0.4 is 10.9 Å². The highest BCUT2D eigenvalue weighted by molar-refractivity contribution is 6.60. The predicted molar refractivity (Wildman–Crippen MR) is 57.1 cm³/mol. The monoisotopic (exact) mass is 210 g/mol. The van der Waals surface area contributed by atoms with Gasteiger partial charge in [-0.1, -0.05) is 12.1 Å². The van der Waals surface area contributed by atoms with Crippen LogP contribution in [-0.4, -0.2) is 39.9 Å². The van der Waals surface area contributed by atoms with Gasteiger partial charge in [0.2, 0.25) is 0 Å². The van der Waals surface area contributed by atoms with E-state index in [9.17, 15) is 0 Å². The minimum atomic E-state index is -1.70. The number of rotatable bonds is 4. The third kappa shape index (κ3) is 2.58. The molecule has 1 rings (SSSR count). The molecule has 0 saturated heterocycles. The standard InChI is InChI=1S/C8H12B2O5/c11-3-5-1-6(4-12)8(10(14)15)2-7(5)9-13/h1-2,9,11-15H,3-4H2. The highest BCUT2D eigenvalue weighted by atomic mass is 16.4. The van der Waals surface area contributed by atoms with Crippen LogP contribution in [0.3, 0.4) is 0 Å². The topological polar surface area (TPSA) is 101 Å². The van der Waals surface area contributed by atoms with Crippen LogP contribution in [0.25, 0.3) is 0 Å². The van der Waals surface area contributed by atoms with Crippen LogP contribution in [0.4, 0.5) is 0 Å². The van der Waals surface area contributed by atoms with E-state index in [0.29, 0.717) is 16.6 Å². The van der Waals surface area contributed by atoms with E-state index in [0.717, 1.165) is 0 Å². The molecular formula is C8H12B2O5. The van der Waals surface area contributed by atoms with Crippen molar-refractivity contribution in [2.24, 2.45) is 0 Å². The Morgan fingerprint density at radius 1 is 1.07 bits per heavy atom. The van der Waals surface area contributed by atoms with Crippen LogP contribution in [-0.2, 0) is 13.2 Å². The Bertz CT molecular complexity index is 342. The number of benzene rings is 1. The van der Waals surface area contributed by atoms with E-state index in [-0.39, 0.29) is 26.2 Å². The molecule has 1 aromatic carbocycles. The van der Waals surface area contributed by atoms with E-state index in [1.54, 1.807) is 0 Å². The van der Waals surface area contributed by atoms with Gasteiger partial charge in [-0.15, -0.1) is 0 Å². The van der Waals surface area contributed by atoms with Crippen molar-refractivity contribution in [2.75, 3.05) is 0 Å². The first-order valence-electron chi connectivity index (χ1n) is 4.47. The fourth-order valence-corrected chi connectivity index (χ4v) is 1.43. The second-order valence-electron chi connectivity index (χ2n) is 3.17. The largest absolute Gasteiger partial charge is 0.488 e. The zero-order chi connectivity index (χ0) is 11.4. The molecular weight excluding hydrogens is 198 g/mol. The molecule has 0 atom stereocenters. The zero-order valence-electron chi connectivity index (χ0n) is 8.09. The molecule has 0 fully saturated rings. The lowest BCUT2D eigenvalue weighted by Crippen LogP contribution is -2.38. The van der Waals surface area contributed by atoms with Crippen molar-refractivity contribution in [3.8, 4) is 0 Å². The summed E-state index contributed by atoms with van der Waals surface area (Å²) in [4.78, 5) is 0. The molecule has 0 heterocycles. The molecule has 1 aromatic rings. The van der Waals surface area contributed by atoms with Crippen molar-refractivity contribution in [3.63, 3.8) is 0 Å². The Morgan fingerprint density at radius 2 is 1.67 bits per heavy atom. The molecule has 0 bridgehead atoms. The molecule has 0 spiro atoms. The molecule has 0 aliphatic carbocycles. The van der Waals surface area contributed by atoms with E-state index < -0.39 is 7.12 Å². The Balaban J connectivity index is 3.27. The first-order chi connectivity index (χ1) is 7.13. The van der Waals surface area contributed by atoms with Crippen LogP contribution >= 0.6 is 0 Å². The van der Waals surface area contributed by atoms with Crippen LogP contribution in [0.5, 0.6) is 0 Å². The summed E-state index contributed by atoms with van der Waals surface area (Å²) in [5, 5.41) is 45.0. The lowest BCUT2D eigenvalue weighted by atomic mass is 9.71. The summed E-state index contributed by atoms with van der Waals surface area (Å²) in [6, 6.07) is 2.81. The third-order valence-electron chi connectivity index (χ3n) is 2.25. The van der Waals surface area contributed by atoms with Gasteiger partial charge in [0.05, 0.1) is 13.2 Å². The van der Waals surface area contributed by atoms with Crippen molar-refractivity contribution in [1.82, 2.24) is 0 Å². The highest BCUT2D eigenvalue weighted by Gasteiger charge is 2.18. The van der Waals surface area contributed by atoms with E-state index in [2.05, 4.69) is 0 Å². The first kappa shape index (κ1) is 12.2. The molecule has 0 aromatic heterocycles. The normalized spacial score (nSPS) is 10.2. The summed E-state index contributed by atoms with van der Waals surface area (Å²) in [6.07, 6.45) is 0. The number of hydrogen-bond acceptors (Lipinski definition) is 5.